The lowest BCUT2D eigenvalue weighted by atomic mass is 9.63. The van der Waals surface area contributed by atoms with Gasteiger partial charge in [0.2, 0.25) is 0 Å². The minimum absolute atomic E-state index is 0.114. The monoisotopic (exact) mass is 720 g/mol. The maximum absolute atomic E-state index is 2.56. The molecule has 0 spiro atoms. The number of nitrogens with zero attached hydrogens (tertiary/aromatic N) is 2. The number of hydrogen-bond donors (Lipinski definition) is 0. The van der Waals surface area contributed by atoms with Gasteiger partial charge >= 0.3 is 0 Å². The van der Waals surface area contributed by atoms with Crippen LogP contribution in [0.4, 0.5) is 0 Å². The number of rotatable bonds is 4. The smallest absolute Gasteiger partial charge is 0.0562 e. The summed E-state index contributed by atoms with van der Waals surface area (Å²) in [5.41, 5.74) is 15.4. The van der Waals surface area contributed by atoms with Crippen molar-refractivity contribution in [2.24, 2.45) is 0 Å². The lowest BCUT2D eigenvalue weighted by molar-refractivity contribution is 0.332. The van der Waals surface area contributed by atoms with Gasteiger partial charge in [0, 0.05) is 32.9 Å². The first-order valence-corrected chi connectivity index (χ1v) is 20.1. The van der Waals surface area contributed by atoms with Gasteiger partial charge in [-0.1, -0.05) is 137 Å². The zero-order chi connectivity index (χ0) is 37.8. The summed E-state index contributed by atoms with van der Waals surface area (Å²) in [5.74, 6) is 0. The topological polar surface area (TPSA) is 9.86 Å². The third-order valence-electron chi connectivity index (χ3n) is 13.0. The maximum atomic E-state index is 2.56. The van der Waals surface area contributed by atoms with E-state index in [1.165, 1.54) is 106 Å². The molecule has 0 unspecified atom stereocenters. The SMILES string of the molecule is CC1(C)CCC(C)(C)c2cc3c(cc21)c1cc2c4c5ccccc5ccc4n(-c4ccc(-c5cccc(-c6ccccc6)c5)cc4)c2cc1n3-c1ccccc1. The average Bonchev–Trinajstić information content (AvgIpc) is 3.73. The highest BCUT2D eigenvalue weighted by atomic mass is 15.0. The lowest BCUT2D eigenvalue weighted by Crippen LogP contribution is -2.33. The van der Waals surface area contributed by atoms with Crippen LogP contribution in [0.5, 0.6) is 0 Å². The first-order chi connectivity index (χ1) is 27.2. The van der Waals surface area contributed by atoms with Gasteiger partial charge in [-0.15, -0.1) is 0 Å². The van der Waals surface area contributed by atoms with Gasteiger partial charge in [0.05, 0.1) is 22.1 Å². The van der Waals surface area contributed by atoms with Crippen LogP contribution in [0.25, 0.3) is 88.0 Å². The van der Waals surface area contributed by atoms with E-state index in [-0.39, 0.29) is 10.8 Å². The summed E-state index contributed by atoms with van der Waals surface area (Å²) in [6.07, 6.45) is 2.38. The number of hydrogen-bond acceptors (Lipinski definition) is 0. The zero-order valence-electron chi connectivity index (χ0n) is 32.5. The predicted molar refractivity (Wildman–Crippen MR) is 239 cm³/mol. The first kappa shape index (κ1) is 33.0. The van der Waals surface area contributed by atoms with Crippen molar-refractivity contribution in [3.8, 4) is 33.6 Å². The molecule has 0 saturated heterocycles. The highest BCUT2D eigenvalue weighted by molar-refractivity contribution is 6.25. The molecule has 10 aromatic rings. The standard InChI is InChI=1S/C54H44N2/c1-53(2)28-29-54(3,4)47-33-49-44(32-46(47)53)43-31-45-51(34-50(43)56(49)40-19-9-6-10-20-40)55(48-27-24-37-16-11-12-21-42(37)52(45)48)41-25-22-36(23-26-41)39-18-13-17-38(30-39)35-14-7-5-8-15-35/h5-27,30-34H,28-29H2,1-4H3. The molecule has 2 heteroatoms. The van der Waals surface area contributed by atoms with Crippen LogP contribution in [0.15, 0.2) is 170 Å². The van der Waals surface area contributed by atoms with Crippen LogP contribution in [-0.4, -0.2) is 9.13 Å². The van der Waals surface area contributed by atoms with Crippen molar-refractivity contribution in [2.45, 2.75) is 51.4 Å². The first-order valence-electron chi connectivity index (χ1n) is 20.1. The van der Waals surface area contributed by atoms with Crippen LogP contribution in [0.1, 0.15) is 51.7 Å². The van der Waals surface area contributed by atoms with E-state index < -0.39 is 0 Å². The molecule has 0 saturated carbocycles. The molecule has 270 valence electrons. The van der Waals surface area contributed by atoms with Crippen molar-refractivity contribution in [1.29, 1.82) is 0 Å². The molecule has 0 atom stereocenters. The maximum Gasteiger partial charge on any atom is 0.0562 e. The lowest BCUT2D eigenvalue weighted by Gasteiger charge is -2.42. The van der Waals surface area contributed by atoms with Crippen LogP contribution in [0, 0.1) is 0 Å². The summed E-state index contributed by atoms with van der Waals surface area (Å²) in [6.45, 7) is 9.74. The van der Waals surface area contributed by atoms with Crippen molar-refractivity contribution < 1.29 is 0 Å². The molecular formula is C54H44N2. The van der Waals surface area contributed by atoms with E-state index in [4.69, 9.17) is 0 Å². The van der Waals surface area contributed by atoms with Gasteiger partial charge in [-0.25, -0.2) is 0 Å². The molecule has 2 heterocycles. The Hall–Kier alpha value is -6.38. The van der Waals surface area contributed by atoms with E-state index in [9.17, 15) is 0 Å². The van der Waals surface area contributed by atoms with E-state index in [0.29, 0.717) is 0 Å². The summed E-state index contributed by atoms with van der Waals surface area (Å²) in [5, 5.41) is 7.78. The number of aromatic nitrogens is 2. The Morgan fingerprint density at radius 3 is 1.62 bits per heavy atom. The van der Waals surface area contributed by atoms with Gasteiger partial charge < -0.3 is 9.13 Å². The molecule has 2 aromatic heterocycles. The molecule has 11 rings (SSSR count). The van der Waals surface area contributed by atoms with E-state index in [0.717, 1.165) is 5.69 Å². The molecule has 56 heavy (non-hydrogen) atoms. The summed E-state index contributed by atoms with van der Waals surface area (Å²) >= 11 is 0. The second-order valence-corrected chi connectivity index (χ2v) is 17.3. The Morgan fingerprint density at radius 2 is 0.893 bits per heavy atom. The molecule has 0 N–H and O–H groups in total. The molecular weight excluding hydrogens is 677 g/mol. The van der Waals surface area contributed by atoms with Crippen LogP contribution < -0.4 is 0 Å². The van der Waals surface area contributed by atoms with Crippen LogP contribution in [0.2, 0.25) is 0 Å². The molecule has 1 aliphatic rings. The Bertz CT molecular complexity index is 3160. The van der Waals surface area contributed by atoms with Gasteiger partial charge in [-0.2, -0.15) is 0 Å². The largest absolute Gasteiger partial charge is 0.309 e. The van der Waals surface area contributed by atoms with Crippen molar-refractivity contribution in [3.05, 3.63) is 181 Å². The van der Waals surface area contributed by atoms with Gasteiger partial charge in [0.25, 0.3) is 0 Å². The minimum Gasteiger partial charge on any atom is -0.309 e. The minimum atomic E-state index is 0.114. The van der Waals surface area contributed by atoms with E-state index in [1.807, 2.05) is 0 Å². The van der Waals surface area contributed by atoms with Gasteiger partial charge in [0.15, 0.2) is 0 Å². The van der Waals surface area contributed by atoms with Crippen molar-refractivity contribution in [1.82, 2.24) is 9.13 Å². The fourth-order valence-corrected chi connectivity index (χ4v) is 9.80. The highest BCUT2D eigenvalue weighted by Gasteiger charge is 2.38. The molecule has 0 aliphatic heterocycles. The molecule has 0 fully saturated rings. The highest BCUT2D eigenvalue weighted by Crippen LogP contribution is 2.49. The second kappa shape index (κ2) is 12.1. The van der Waals surface area contributed by atoms with E-state index in [1.54, 1.807) is 0 Å². The number of benzene rings is 8. The van der Waals surface area contributed by atoms with Crippen LogP contribution >= 0.6 is 0 Å². The Labute approximate surface area is 328 Å². The van der Waals surface area contributed by atoms with E-state index >= 15 is 0 Å². The Balaban J connectivity index is 1.20. The summed E-state index contributed by atoms with van der Waals surface area (Å²) < 4.78 is 5.01. The molecule has 0 amide bonds. The summed E-state index contributed by atoms with van der Waals surface area (Å²) in [7, 11) is 0. The zero-order valence-corrected chi connectivity index (χ0v) is 32.5. The number of fused-ring (bicyclic) bond motifs is 9. The fraction of sp³-hybridized carbons (Fsp3) is 0.148. The number of para-hydroxylation sites is 1. The molecule has 2 nitrogen and oxygen atoms in total. The van der Waals surface area contributed by atoms with Crippen LogP contribution in [0.3, 0.4) is 0 Å². The van der Waals surface area contributed by atoms with Gasteiger partial charge in [-0.3, -0.25) is 0 Å². The quantitative estimate of drug-likeness (QED) is 0.171. The molecule has 8 aromatic carbocycles. The van der Waals surface area contributed by atoms with Gasteiger partial charge in [-0.05, 0) is 128 Å². The molecule has 0 radical (unpaired) electrons. The Morgan fingerprint density at radius 1 is 0.357 bits per heavy atom. The van der Waals surface area contributed by atoms with Crippen molar-refractivity contribution in [2.75, 3.05) is 0 Å². The molecule has 1 aliphatic carbocycles. The summed E-state index contributed by atoms with van der Waals surface area (Å²) in [6, 6.07) is 63.2. The van der Waals surface area contributed by atoms with Gasteiger partial charge in [0.1, 0.15) is 0 Å². The third-order valence-corrected chi connectivity index (χ3v) is 13.0. The fourth-order valence-electron chi connectivity index (χ4n) is 9.80. The van der Waals surface area contributed by atoms with Crippen molar-refractivity contribution in [3.63, 3.8) is 0 Å². The average molecular weight is 721 g/mol. The second-order valence-electron chi connectivity index (χ2n) is 17.3. The normalized spacial score (nSPS) is 14.9. The third kappa shape index (κ3) is 4.95. The Kier molecular flexibility index (Phi) is 7.11. The van der Waals surface area contributed by atoms with Crippen molar-refractivity contribution >= 4 is 54.4 Å². The molecule has 0 bridgehead atoms. The van der Waals surface area contributed by atoms with Crippen LogP contribution in [-0.2, 0) is 10.8 Å². The summed E-state index contributed by atoms with van der Waals surface area (Å²) in [4.78, 5) is 0. The van der Waals surface area contributed by atoms with E-state index in [2.05, 4.69) is 207 Å². The predicted octanol–water partition coefficient (Wildman–Crippen LogP) is 14.7.